The third-order valence-electron chi connectivity index (χ3n) is 6.84. The Balaban J connectivity index is 1.26. The maximum absolute atomic E-state index is 13.2. The van der Waals surface area contributed by atoms with Gasteiger partial charge in [0, 0.05) is 54.9 Å². The van der Waals surface area contributed by atoms with Gasteiger partial charge in [0.15, 0.2) is 5.65 Å². The van der Waals surface area contributed by atoms with E-state index in [9.17, 15) is 9.90 Å². The number of amides is 1. The van der Waals surface area contributed by atoms with E-state index >= 15 is 0 Å². The van der Waals surface area contributed by atoms with Gasteiger partial charge >= 0.3 is 0 Å². The fourth-order valence-electron chi connectivity index (χ4n) is 5.53. The molecule has 0 radical (unpaired) electrons. The number of hydrogen-bond donors (Lipinski definition) is 2. The van der Waals surface area contributed by atoms with Crippen LogP contribution in [-0.2, 0) is 11.3 Å². The van der Waals surface area contributed by atoms with Crippen LogP contribution in [0.25, 0.3) is 11.0 Å². The number of aliphatic hydroxyl groups is 1. The molecule has 3 aliphatic heterocycles. The summed E-state index contributed by atoms with van der Waals surface area (Å²) in [6.45, 7) is 3.70. The normalized spacial score (nSPS) is 30.8. The number of likely N-dealkylation sites (tertiary alicyclic amines) is 2. The van der Waals surface area contributed by atoms with Crippen molar-refractivity contribution in [3.05, 3.63) is 46.4 Å². The molecule has 6 rings (SSSR count). The first-order chi connectivity index (χ1) is 14.6. The summed E-state index contributed by atoms with van der Waals surface area (Å²) in [6.07, 6.45) is 1.71. The summed E-state index contributed by atoms with van der Waals surface area (Å²) in [4.78, 5) is 23.3. The van der Waals surface area contributed by atoms with E-state index in [4.69, 9.17) is 4.74 Å². The van der Waals surface area contributed by atoms with E-state index in [1.165, 1.54) is 4.88 Å². The summed E-state index contributed by atoms with van der Waals surface area (Å²) < 4.78 is 6.51. The van der Waals surface area contributed by atoms with Crippen LogP contribution in [0.1, 0.15) is 15.4 Å². The first-order valence-electron chi connectivity index (χ1n) is 10.3. The zero-order valence-corrected chi connectivity index (χ0v) is 17.2. The molecule has 2 bridgehead atoms. The zero-order valence-electron chi connectivity index (χ0n) is 16.4. The summed E-state index contributed by atoms with van der Waals surface area (Å²) in [7, 11) is 0. The molecule has 6 heterocycles. The van der Waals surface area contributed by atoms with Crippen LogP contribution in [0.15, 0.2) is 35.8 Å². The predicted molar refractivity (Wildman–Crippen MR) is 111 cm³/mol. The van der Waals surface area contributed by atoms with Crippen molar-refractivity contribution in [1.29, 1.82) is 0 Å². The quantitative estimate of drug-likeness (QED) is 0.655. The van der Waals surface area contributed by atoms with Gasteiger partial charge in [-0.2, -0.15) is 5.10 Å². The van der Waals surface area contributed by atoms with E-state index in [2.05, 4.69) is 37.6 Å². The van der Waals surface area contributed by atoms with Crippen molar-refractivity contribution in [1.82, 2.24) is 25.0 Å². The first-order valence-corrected chi connectivity index (χ1v) is 11.2. The van der Waals surface area contributed by atoms with E-state index in [1.54, 1.807) is 23.6 Å². The molecule has 156 valence electrons. The standard InChI is InChI=1S/C21H23N5O3S/c27-10-15-16-8-26(20(28)17-4-3-13-6-22-24-19(13)23-17)12-21(16)11-25(9-18(15)29-21)7-14-2-1-5-30-14/h1-6,15-16,18,27H,7-12H2,(H,22,23,24)/t15-,16+,18+,21+/m0/s1. The Morgan fingerprint density at radius 1 is 1.33 bits per heavy atom. The van der Waals surface area contributed by atoms with E-state index in [-0.39, 0.29) is 30.5 Å². The number of ether oxygens (including phenoxy) is 1. The lowest BCUT2D eigenvalue weighted by atomic mass is 9.83. The van der Waals surface area contributed by atoms with Gasteiger partial charge in [-0.25, -0.2) is 4.98 Å². The van der Waals surface area contributed by atoms with E-state index in [1.807, 2.05) is 11.0 Å². The Morgan fingerprint density at radius 2 is 2.27 bits per heavy atom. The number of pyridine rings is 1. The Hall–Kier alpha value is -2.33. The molecule has 1 spiro atoms. The van der Waals surface area contributed by atoms with Crippen LogP contribution >= 0.6 is 11.3 Å². The van der Waals surface area contributed by atoms with Crippen LogP contribution in [0.2, 0.25) is 0 Å². The molecule has 30 heavy (non-hydrogen) atoms. The monoisotopic (exact) mass is 425 g/mol. The SMILES string of the molecule is O=C(c1ccc2cn[nH]c2n1)N1C[C@@H]2[C@H](CO)[C@H]3CN(Cc4cccs4)C[C@]2(C1)O3. The third-order valence-corrected chi connectivity index (χ3v) is 7.70. The molecular weight excluding hydrogens is 402 g/mol. The number of carbonyl (C=O) groups is 1. The number of nitrogens with zero attached hydrogens (tertiary/aromatic N) is 4. The average Bonchev–Trinajstić information content (AvgIpc) is 3.50. The Labute approximate surface area is 177 Å². The van der Waals surface area contributed by atoms with Crippen molar-refractivity contribution in [3.8, 4) is 0 Å². The van der Waals surface area contributed by atoms with Crippen LogP contribution in [0, 0.1) is 11.8 Å². The number of morpholine rings is 1. The molecule has 3 fully saturated rings. The molecule has 3 aromatic rings. The Kier molecular flexibility index (Phi) is 4.21. The second-order valence-electron chi connectivity index (χ2n) is 8.61. The topological polar surface area (TPSA) is 94.6 Å². The molecular formula is C21H23N5O3S. The minimum Gasteiger partial charge on any atom is -0.396 e. The van der Waals surface area contributed by atoms with E-state index in [0.29, 0.717) is 24.4 Å². The minimum absolute atomic E-state index is 0.0189. The van der Waals surface area contributed by atoms with E-state index in [0.717, 1.165) is 25.0 Å². The van der Waals surface area contributed by atoms with Gasteiger partial charge in [-0.3, -0.25) is 14.8 Å². The molecule has 2 N–H and O–H groups in total. The fraction of sp³-hybridized carbons (Fsp3) is 0.476. The molecule has 0 saturated carbocycles. The van der Waals surface area contributed by atoms with Crippen LogP contribution in [0.3, 0.4) is 0 Å². The Bertz CT molecular complexity index is 1090. The smallest absolute Gasteiger partial charge is 0.272 e. The first kappa shape index (κ1) is 18.4. The summed E-state index contributed by atoms with van der Waals surface area (Å²) >= 11 is 1.76. The lowest BCUT2D eigenvalue weighted by Gasteiger charge is -2.40. The number of aliphatic hydroxyl groups excluding tert-OH is 1. The number of aromatic amines is 1. The maximum atomic E-state index is 13.2. The third kappa shape index (κ3) is 2.80. The van der Waals surface area contributed by atoms with E-state index < -0.39 is 5.60 Å². The van der Waals surface area contributed by atoms with Crippen molar-refractivity contribution in [3.63, 3.8) is 0 Å². The van der Waals surface area contributed by atoms with Crippen molar-refractivity contribution in [2.24, 2.45) is 11.8 Å². The number of thiophene rings is 1. The lowest BCUT2D eigenvalue weighted by molar-refractivity contribution is -0.118. The van der Waals surface area contributed by atoms with Gasteiger partial charge in [-0.15, -0.1) is 11.3 Å². The van der Waals surface area contributed by atoms with Gasteiger partial charge in [-0.05, 0) is 23.6 Å². The molecule has 0 unspecified atom stereocenters. The number of carbonyl (C=O) groups excluding carboxylic acids is 1. The average molecular weight is 426 g/mol. The molecule has 1 amide bonds. The fourth-order valence-corrected chi connectivity index (χ4v) is 6.28. The predicted octanol–water partition coefficient (Wildman–Crippen LogP) is 1.35. The molecule has 9 heteroatoms. The van der Waals surface area contributed by atoms with Crippen LogP contribution in [0.4, 0.5) is 0 Å². The highest BCUT2D eigenvalue weighted by Gasteiger charge is 2.62. The van der Waals surface area contributed by atoms with Crippen molar-refractivity contribution < 1.29 is 14.6 Å². The van der Waals surface area contributed by atoms with Crippen LogP contribution in [0.5, 0.6) is 0 Å². The van der Waals surface area contributed by atoms with Gasteiger partial charge < -0.3 is 14.7 Å². The number of hydrogen-bond acceptors (Lipinski definition) is 7. The molecule has 8 nitrogen and oxygen atoms in total. The highest BCUT2D eigenvalue weighted by molar-refractivity contribution is 7.09. The van der Waals surface area contributed by atoms with Gasteiger partial charge in [-0.1, -0.05) is 6.07 Å². The van der Waals surface area contributed by atoms with Gasteiger partial charge in [0.25, 0.3) is 5.91 Å². The molecule has 3 saturated heterocycles. The molecule has 0 aromatic carbocycles. The number of nitrogens with one attached hydrogen (secondary N) is 1. The summed E-state index contributed by atoms with van der Waals surface area (Å²) in [6, 6.07) is 7.85. The molecule has 3 aromatic heterocycles. The second kappa shape index (κ2) is 6.84. The van der Waals surface area contributed by atoms with Crippen molar-refractivity contribution >= 4 is 28.3 Å². The van der Waals surface area contributed by atoms with Gasteiger partial charge in [0.05, 0.1) is 18.8 Å². The molecule has 3 aliphatic rings. The van der Waals surface area contributed by atoms with Crippen molar-refractivity contribution in [2.45, 2.75) is 18.2 Å². The summed E-state index contributed by atoms with van der Waals surface area (Å²) in [5.74, 6) is 0.0994. The lowest BCUT2D eigenvalue weighted by Crippen LogP contribution is -2.54. The number of rotatable bonds is 4. The zero-order chi connectivity index (χ0) is 20.3. The van der Waals surface area contributed by atoms with Gasteiger partial charge in [0.2, 0.25) is 0 Å². The number of fused-ring (bicyclic) bond motifs is 2. The summed E-state index contributed by atoms with van der Waals surface area (Å²) in [5.41, 5.74) is 0.607. The number of aromatic nitrogens is 3. The second-order valence-corrected chi connectivity index (χ2v) is 9.65. The van der Waals surface area contributed by atoms with Crippen molar-refractivity contribution in [2.75, 3.05) is 32.8 Å². The van der Waals surface area contributed by atoms with Gasteiger partial charge in [0.1, 0.15) is 11.3 Å². The highest BCUT2D eigenvalue weighted by atomic mass is 32.1. The van der Waals surface area contributed by atoms with Crippen LogP contribution in [-0.4, -0.2) is 80.5 Å². The molecule has 0 aliphatic carbocycles. The highest BCUT2D eigenvalue weighted by Crippen LogP contribution is 2.49. The summed E-state index contributed by atoms with van der Waals surface area (Å²) in [5, 5.41) is 19.9. The number of H-pyrrole nitrogens is 1. The Morgan fingerprint density at radius 3 is 3.10 bits per heavy atom. The molecule has 4 atom stereocenters. The van der Waals surface area contributed by atoms with Crippen LogP contribution < -0.4 is 0 Å². The maximum Gasteiger partial charge on any atom is 0.272 e. The minimum atomic E-state index is -0.415. The largest absolute Gasteiger partial charge is 0.396 e.